The van der Waals surface area contributed by atoms with Gasteiger partial charge in [0, 0.05) is 16.7 Å². The highest BCUT2D eigenvalue weighted by molar-refractivity contribution is 5.71. The molecule has 0 spiro atoms. The molecular formula is C30H30F4O. The van der Waals surface area contributed by atoms with Gasteiger partial charge in [0.2, 0.25) is 0 Å². The van der Waals surface area contributed by atoms with Gasteiger partial charge in [0.15, 0.2) is 23.3 Å². The smallest absolute Gasteiger partial charge is 0.167 e. The monoisotopic (exact) mass is 482 g/mol. The molecule has 1 fully saturated rings. The number of ether oxygens (including phenoxy) is 1. The number of benzene rings is 3. The van der Waals surface area contributed by atoms with Gasteiger partial charge in [0.1, 0.15) is 0 Å². The predicted molar refractivity (Wildman–Crippen MR) is 132 cm³/mol. The van der Waals surface area contributed by atoms with Crippen molar-refractivity contribution in [1.82, 2.24) is 0 Å². The van der Waals surface area contributed by atoms with Crippen LogP contribution in [0.25, 0.3) is 22.3 Å². The van der Waals surface area contributed by atoms with Crippen molar-refractivity contribution < 1.29 is 22.3 Å². The van der Waals surface area contributed by atoms with Gasteiger partial charge in [-0.15, -0.1) is 0 Å². The van der Waals surface area contributed by atoms with Crippen molar-refractivity contribution in [3.8, 4) is 22.3 Å². The summed E-state index contributed by atoms with van der Waals surface area (Å²) in [6.45, 7) is 4.30. The molecule has 1 heterocycles. The van der Waals surface area contributed by atoms with Crippen molar-refractivity contribution in [3.05, 3.63) is 95.1 Å². The molecule has 0 radical (unpaired) electrons. The molecule has 0 aliphatic carbocycles. The van der Waals surface area contributed by atoms with E-state index >= 15 is 8.78 Å². The third-order valence-electron chi connectivity index (χ3n) is 6.86. The summed E-state index contributed by atoms with van der Waals surface area (Å²) in [7, 11) is 0. The highest BCUT2D eigenvalue weighted by Crippen LogP contribution is 2.37. The number of halogens is 4. The second-order valence-corrected chi connectivity index (χ2v) is 9.07. The molecule has 0 N–H and O–H groups in total. The highest BCUT2D eigenvalue weighted by Gasteiger charge is 2.27. The van der Waals surface area contributed by atoms with Crippen LogP contribution in [0.15, 0.2) is 60.7 Å². The van der Waals surface area contributed by atoms with E-state index in [9.17, 15) is 8.78 Å². The Kier molecular flexibility index (Phi) is 8.07. The Labute approximate surface area is 204 Å². The standard InChI is InChI=1S/C30H30F4O/c1-3-5-6-7-19-8-17-26(35-18-19)25-16-15-24(29(33)30(25)34)22-11-9-21(10-12-22)23-14-13-20(4-2)27(31)28(23)32/h3,5,9-16,19,26H,4,6-8,17-18H2,1-2H3. The van der Waals surface area contributed by atoms with Crippen LogP contribution in [0.2, 0.25) is 0 Å². The van der Waals surface area contributed by atoms with Crippen molar-refractivity contribution in [1.29, 1.82) is 0 Å². The molecule has 1 aliphatic heterocycles. The van der Waals surface area contributed by atoms with Crippen LogP contribution in [0.4, 0.5) is 17.6 Å². The third-order valence-corrected chi connectivity index (χ3v) is 6.86. The molecule has 1 saturated heterocycles. The average Bonchev–Trinajstić information content (AvgIpc) is 2.88. The number of hydrogen-bond acceptors (Lipinski definition) is 1. The van der Waals surface area contributed by atoms with Crippen LogP contribution in [0, 0.1) is 29.2 Å². The minimum atomic E-state index is -0.932. The van der Waals surface area contributed by atoms with Gasteiger partial charge in [-0.2, -0.15) is 0 Å². The van der Waals surface area contributed by atoms with Crippen LogP contribution in [0.1, 0.15) is 56.8 Å². The first kappa shape index (κ1) is 25.2. The molecule has 1 aliphatic rings. The number of aryl methyl sites for hydroxylation is 1. The second kappa shape index (κ2) is 11.2. The largest absolute Gasteiger partial charge is 0.373 e. The summed E-state index contributed by atoms with van der Waals surface area (Å²) in [5, 5.41) is 0. The van der Waals surface area contributed by atoms with Gasteiger partial charge in [-0.05, 0) is 61.6 Å². The number of allylic oxidation sites excluding steroid dienone is 2. The van der Waals surface area contributed by atoms with E-state index in [0.717, 1.165) is 19.3 Å². The van der Waals surface area contributed by atoms with Crippen molar-refractivity contribution >= 4 is 0 Å². The molecule has 35 heavy (non-hydrogen) atoms. The van der Waals surface area contributed by atoms with Crippen LogP contribution in [-0.2, 0) is 11.2 Å². The van der Waals surface area contributed by atoms with Crippen LogP contribution in [-0.4, -0.2) is 6.61 Å². The number of hydrogen-bond donors (Lipinski definition) is 0. The minimum absolute atomic E-state index is 0.117. The molecule has 3 aromatic carbocycles. The Balaban J connectivity index is 1.51. The van der Waals surface area contributed by atoms with Gasteiger partial charge in [0.25, 0.3) is 0 Å². The summed E-state index contributed by atoms with van der Waals surface area (Å²) in [6, 6.07) is 12.6. The quantitative estimate of drug-likeness (QED) is 0.241. The summed E-state index contributed by atoms with van der Waals surface area (Å²) < 4.78 is 64.7. The highest BCUT2D eigenvalue weighted by atomic mass is 19.2. The van der Waals surface area contributed by atoms with Crippen LogP contribution in [0.3, 0.4) is 0 Å². The fourth-order valence-corrected chi connectivity index (χ4v) is 4.73. The van der Waals surface area contributed by atoms with E-state index in [1.54, 1.807) is 49.4 Å². The molecule has 0 aromatic heterocycles. The topological polar surface area (TPSA) is 9.23 Å². The van der Waals surface area contributed by atoms with Crippen LogP contribution in [0.5, 0.6) is 0 Å². The fraction of sp³-hybridized carbons (Fsp3) is 0.333. The zero-order valence-electron chi connectivity index (χ0n) is 20.1. The lowest BCUT2D eigenvalue weighted by molar-refractivity contribution is -0.0210. The summed E-state index contributed by atoms with van der Waals surface area (Å²) in [6.07, 6.45) is 7.70. The van der Waals surface area contributed by atoms with E-state index in [1.807, 2.05) is 13.0 Å². The fourth-order valence-electron chi connectivity index (χ4n) is 4.73. The SMILES string of the molecule is CC=CCCC1CCC(c2ccc(-c3ccc(-c4ccc(CC)c(F)c4F)cc3)c(F)c2F)OC1. The summed E-state index contributed by atoms with van der Waals surface area (Å²) in [5.74, 6) is -3.16. The first-order valence-corrected chi connectivity index (χ1v) is 12.2. The molecule has 2 unspecified atom stereocenters. The van der Waals surface area contributed by atoms with Crippen molar-refractivity contribution in [2.24, 2.45) is 5.92 Å². The Bertz CT molecular complexity index is 1190. The first-order chi connectivity index (χ1) is 16.9. The maximum atomic E-state index is 15.1. The number of rotatable bonds is 7. The predicted octanol–water partition coefficient (Wildman–Crippen LogP) is 8.96. The van der Waals surface area contributed by atoms with E-state index < -0.39 is 29.4 Å². The third kappa shape index (κ3) is 5.35. The molecule has 184 valence electrons. The zero-order chi connectivity index (χ0) is 24.9. The first-order valence-electron chi connectivity index (χ1n) is 12.2. The molecule has 2 atom stereocenters. The van der Waals surface area contributed by atoms with Gasteiger partial charge in [-0.3, -0.25) is 0 Å². The maximum Gasteiger partial charge on any atom is 0.167 e. The molecule has 4 rings (SSSR count). The minimum Gasteiger partial charge on any atom is -0.373 e. The van der Waals surface area contributed by atoms with Gasteiger partial charge in [0.05, 0.1) is 12.7 Å². The van der Waals surface area contributed by atoms with Crippen molar-refractivity contribution in [2.75, 3.05) is 6.61 Å². The van der Waals surface area contributed by atoms with E-state index in [-0.39, 0.29) is 16.7 Å². The lowest BCUT2D eigenvalue weighted by Gasteiger charge is -2.29. The Morgan fingerprint density at radius 1 is 0.800 bits per heavy atom. The van der Waals surface area contributed by atoms with Gasteiger partial charge >= 0.3 is 0 Å². The zero-order valence-corrected chi connectivity index (χ0v) is 20.1. The van der Waals surface area contributed by atoms with Gasteiger partial charge in [-0.1, -0.05) is 67.6 Å². The second-order valence-electron chi connectivity index (χ2n) is 9.07. The lowest BCUT2D eigenvalue weighted by atomic mass is 9.90. The maximum absolute atomic E-state index is 15.1. The Morgan fingerprint density at radius 3 is 2.00 bits per heavy atom. The molecule has 0 amide bonds. The van der Waals surface area contributed by atoms with Crippen molar-refractivity contribution in [3.63, 3.8) is 0 Å². The normalized spacial score (nSPS) is 18.3. The van der Waals surface area contributed by atoms with E-state index in [1.165, 1.54) is 6.07 Å². The van der Waals surface area contributed by atoms with Gasteiger partial charge < -0.3 is 4.74 Å². The molecular weight excluding hydrogens is 452 g/mol. The van der Waals surface area contributed by atoms with Gasteiger partial charge in [-0.25, -0.2) is 17.6 Å². The van der Waals surface area contributed by atoms with E-state index in [0.29, 0.717) is 42.1 Å². The summed E-state index contributed by atoms with van der Waals surface area (Å²) >= 11 is 0. The van der Waals surface area contributed by atoms with Crippen LogP contribution < -0.4 is 0 Å². The molecule has 0 bridgehead atoms. The molecule has 0 saturated carbocycles. The molecule has 5 heteroatoms. The summed E-state index contributed by atoms with van der Waals surface area (Å²) in [5.41, 5.74) is 1.72. The molecule has 3 aromatic rings. The van der Waals surface area contributed by atoms with Crippen LogP contribution >= 0.6 is 0 Å². The van der Waals surface area contributed by atoms with E-state index in [2.05, 4.69) is 6.08 Å². The van der Waals surface area contributed by atoms with E-state index in [4.69, 9.17) is 4.74 Å². The average molecular weight is 483 g/mol. The Morgan fingerprint density at radius 2 is 1.43 bits per heavy atom. The summed E-state index contributed by atoms with van der Waals surface area (Å²) in [4.78, 5) is 0. The van der Waals surface area contributed by atoms with Crippen molar-refractivity contribution in [2.45, 2.75) is 52.1 Å². The lowest BCUT2D eigenvalue weighted by Crippen LogP contribution is -2.21. The molecule has 1 nitrogen and oxygen atoms in total. The Hall–Kier alpha value is -2.92.